The number of hydrogen-bond donors (Lipinski definition) is 1. The van der Waals surface area contributed by atoms with Gasteiger partial charge in [-0.25, -0.2) is 0 Å². The van der Waals surface area contributed by atoms with E-state index in [0.29, 0.717) is 29.8 Å². The van der Waals surface area contributed by atoms with Gasteiger partial charge in [0, 0.05) is 29.9 Å². The zero-order chi connectivity index (χ0) is 15.2. The van der Waals surface area contributed by atoms with E-state index in [1.807, 2.05) is 7.05 Å². The summed E-state index contributed by atoms with van der Waals surface area (Å²) < 4.78 is 10.4. The first-order valence-corrected chi connectivity index (χ1v) is 7.35. The molecule has 21 heavy (non-hydrogen) atoms. The van der Waals surface area contributed by atoms with E-state index >= 15 is 0 Å². The highest BCUT2D eigenvalue weighted by molar-refractivity contribution is 5.92. The molecule has 0 unspecified atom stereocenters. The van der Waals surface area contributed by atoms with E-state index in [2.05, 4.69) is 10.2 Å². The van der Waals surface area contributed by atoms with Gasteiger partial charge in [-0.3, -0.25) is 9.69 Å². The number of methoxy groups -OCH3 is 2. The van der Waals surface area contributed by atoms with Gasteiger partial charge in [-0.05, 0) is 19.9 Å². The van der Waals surface area contributed by atoms with Gasteiger partial charge in [0.2, 0.25) is 5.91 Å². The van der Waals surface area contributed by atoms with Crippen molar-refractivity contribution >= 4 is 11.6 Å². The maximum atomic E-state index is 12.1. The first-order chi connectivity index (χ1) is 10.1. The standard InChI is InChI=1S/C16H24N2O3/c1-18(13-6-4-5-7-13)11-16(19)17-12-8-14(20-2)10-15(9-12)21-3/h8-10,13H,4-7,11H2,1-3H3,(H,17,19). The molecule has 2 rings (SSSR count). The van der Waals surface area contributed by atoms with Crippen molar-refractivity contribution in [1.29, 1.82) is 0 Å². The lowest BCUT2D eigenvalue weighted by Gasteiger charge is -2.23. The van der Waals surface area contributed by atoms with Crippen molar-refractivity contribution in [3.8, 4) is 11.5 Å². The summed E-state index contributed by atoms with van der Waals surface area (Å²) in [6.07, 6.45) is 4.92. The normalized spacial score (nSPS) is 15.2. The second-order valence-corrected chi connectivity index (χ2v) is 5.50. The third-order valence-corrected chi connectivity index (χ3v) is 3.98. The average Bonchev–Trinajstić information content (AvgIpc) is 3.00. The summed E-state index contributed by atoms with van der Waals surface area (Å²) in [5.74, 6) is 1.31. The van der Waals surface area contributed by atoms with Crippen LogP contribution in [-0.4, -0.2) is 44.7 Å². The Labute approximate surface area is 126 Å². The highest BCUT2D eigenvalue weighted by Crippen LogP contribution is 2.26. The monoisotopic (exact) mass is 292 g/mol. The fraction of sp³-hybridized carbons (Fsp3) is 0.562. The van der Waals surface area contributed by atoms with Gasteiger partial charge in [0.25, 0.3) is 0 Å². The zero-order valence-electron chi connectivity index (χ0n) is 13.0. The minimum absolute atomic E-state index is 0.0142. The number of carbonyl (C=O) groups is 1. The Morgan fingerprint density at radius 1 is 1.19 bits per heavy atom. The van der Waals surface area contributed by atoms with Crippen LogP contribution < -0.4 is 14.8 Å². The molecular formula is C16H24N2O3. The van der Waals surface area contributed by atoms with Crippen LogP contribution in [0.15, 0.2) is 18.2 Å². The first kappa shape index (κ1) is 15.6. The number of hydrogen-bond acceptors (Lipinski definition) is 4. The van der Waals surface area contributed by atoms with Gasteiger partial charge in [-0.1, -0.05) is 12.8 Å². The van der Waals surface area contributed by atoms with Gasteiger partial charge >= 0.3 is 0 Å². The van der Waals surface area contributed by atoms with Crippen LogP contribution in [-0.2, 0) is 4.79 Å². The van der Waals surface area contributed by atoms with Crippen LogP contribution in [0, 0.1) is 0 Å². The molecule has 1 aromatic rings. The lowest BCUT2D eigenvalue weighted by molar-refractivity contribution is -0.117. The molecule has 1 saturated carbocycles. The number of amides is 1. The topological polar surface area (TPSA) is 50.8 Å². The van der Waals surface area contributed by atoms with E-state index in [1.165, 1.54) is 25.7 Å². The van der Waals surface area contributed by atoms with Crippen LogP contribution in [0.3, 0.4) is 0 Å². The molecule has 0 aliphatic heterocycles. The molecule has 0 spiro atoms. The SMILES string of the molecule is COc1cc(NC(=O)CN(C)C2CCCC2)cc(OC)c1. The van der Waals surface area contributed by atoms with E-state index < -0.39 is 0 Å². The van der Waals surface area contributed by atoms with Gasteiger partial charge in [-0.2, -0.15) is 0 Å². The molecule has 5 nitrogen and oxygen atoms in total. The Bertz CT molecular complexity index is 462. The van der Waals surface area contributed by atoms with Crippen LogP contribution in [0.2, 0.25) is 0 Å². The predicted octanol–water partition coefficient (Wildman–Crippen LogP) is 2.52. The molecule has 0 bridgehead atoms. The Morgan fingerprint density at radius 3 is 2.29 bits per heavy atom. The van der Waals surface area contributed by atoms with Crippen molar-refractivity contribution in [3.05, 3.63) is 18.2 Å². The smallest absolute Gasteiger partial charge is 0.238 e. The molecule has 1 fully saturated rings. The number of anilines is 1. The second kappa shape index (κ2) is 7.31. The molecule has 1 aliphatic carbocycles. The minimum Gasteiger partial charge on any atom is -0.497 e. The van der Waals surface area contributed by atoms with Gasteiger partial charge in [0.05, 0.1) is 20.8 Å². The number of ether oxygens (including phenoxy) is 2. The molecule has 1 amide bonds. The summed E-state index contributed by atoms with van der Waals surface area (Å²) in [7, 11) is 5.20. The summed E-state index contributed by atoms with van der Waals surface area (Å²) in [5.41, 5.74) is 0.691. The first-order valence-electron chi connectivity index (χ1n) is 7.35. The number of carbonyl (C=O) groups excluding carboxylic acids is 1. The molecule has 5 heteroatoms. The highest BCUT2D eigenvalue weighted by atomic mass is 16.5. The fourth-order valence-corrected chi connectivity index (χ4v) is 2.78. The lowest BCUT2D eigenvalue weighted by Crippen LogP contribution is -2.36. The highest BCUT2D eigenvalue weighted by Gasteiger charge is 2.21. The third-order valence-electron chi connectivity index (χ3n) is 3.98. The summed E-state index contributed by atoms with van der Waals surface area (Å²) in [5, 5.41) is 2.91. The molecule has 0 heterocycles. The van der Waals surface area contributed by atoms with Crippen LogP contribution in [0.1, 0.15) is 25.7 Å². The second-order valence-electron chi connectivity index (χ2n) is 5.50. The lowest BCUT2D eigenvalue weighted by atomic mass is 10.2. The molecule has 1 aliphatic rings. The maximum Gasteiger partial charge on any atom is 0.238 e. The Hall–Kier alpha value is -1.75. The van der Waals surface area contributed by atoms with Crippen LogP contribution in [0.4, 0.5) is 5.69 Å². The summed E-state index contributed by atoms with van der Waals surface area (Å²) in [6, 6.07) is 5.89. The van der Waals surface area contributed by atoms with Crippen molar-refractivity contribution in [3.63, 3.8) is 0 Å². The molecule has 1 aromatic carbocycles. The van der Waals surface area contributed by atoms with E-state index in [0.717, 1.165) is 0 Å². The van der Waals surface area contributed by atoms with Crippen LogP contribution in [0.25, 0.3) is 0 Å². The summed E-state index contributed by atoms with van der Waals surface area (Å²) >= 11 is 0. The fourth-order valence-electron chi connectivity index (χ4n) is 2.78. The van der Waals surface area contributed by atoms with Crippen molar-refractivity contribution < 1.29 is 14.3 Å². The molecular weight excluding hydrogens is 268 g/mol. The molecule has 0 atom stereocenters. The predicted molar refractivity (Wildman–Crippen MR) is 83.1 cm³/mol. The Kier molecular flexibility index (Phi) is 5.44. The van der Waals surface area contributed by atoms with E-state index in [4.69, 9.17) is 9.47 Å². The number of likely N-dealkylation sites (N-methyl/N-ethyl adjacent to an activating group) is 1. The zero-order valence-corrected chi connectivity index (χ0v) is 13.0. The number of rotatable bonds is 6. The van der Waals surface area contributed by atoms with E-state index in [-0.39, 0.29) is 5.91 Å². The van der Waals surface area contributed by atoms with Crippen LogP contribution in [0.5, 0.6) is 11.5 Å². The van der Waals surface area contributed by atoms with E-state index in [1.54, 1.807) is 32.4 Å². The van der Waals surface area contributed by atoms with Gasteiger partial charge in [-0.15, -0.1) is 0 Å². The largest absolute Gasteiger partial charge is 0.497 e. The van der Waals surface area contributed by atoms with Crippen molar-refractivity contribution in [2.45, 2.75) is 31.7 Å². The average molecular weight is 292 g/mol. The van der Waals surface area contributed by atoms with Gasteiger partial charge in [0.15, 0.2) is 0 Å². The molecule has 0 saturated heterocycles. The third kappa shape index (κ3) is 4.36. The van der Waals surface area contributed by atoms with Gasteiger partial charge in [0.1, 0.15) is 11.5 Å². The van der Waals surface area contributed by atoms with Gasteiger partial charge < -0.3 is 14.8 Å². The quantitative estimate of drug-likeness (QED) is 0.875. The molecule has 0 radical (unpaired) electrons. The number of nitrogens with zero attached hydrogens (tertiary/aromatic N) is 1. The molecule has 116 valence electrons. The number of benzene rings is 1. The Balaban J connectivity index is 1.95. The number of nitrogens with one attached hydrogen (secondary N) is 1. The van der Waals surface area contributed by atoms with Crippen molar-refractivity contribution in [2.24, 2.45) is 0 Å². The maximum absolute atomic E-state index is 12.1. The molecule has 0 aromatic heterocycles. The van der Waals surface area contributed by atoms with Crippen molar-refractivity contribution in [1.82, 2.24) is 4.90 Å². The summed E-state index contributed by atoms with van der Waals surface area (Å²) in [6.45, 7) is 0.407. The summed E-state index contributed by atoms with van der Waals surface area (Å²) in [4.78, 5) is 14.3. The van der Waals surface area contributed by atoms with Crippen molar-refractivity contribution in [2.75, 3.05) is 33.1 Å². The molecule has 1 N–H and O–H groups in total. The van der Waals surface area contributed by atoms with Crippen LogP contribution >= 0.6 is 0 Å². The minimum atomic E-state index is -0.0142. The van der Waals surface area contributed by atoms with E-state index in [9.17, 15) is 4.79 Å². The Morgan fingerprint density at radius 2 is 1.76 bits per heavy atom.